The summed E-state index contributed by atoms with van der Waals surface area (Å²) < 4.78 is 38.9. The van der Waals surface area contributed by atoms with Gasteiger partial charge in [0.05, 0.1) is 10.6 Å². The summed E-state index contributed by atoms with van der Waals surface area (Å²) in [6, 6.07) is 0.788. The number of rotatable bonds is 2. The first-order chi connectivity index (χ1) is 8.82. The van der Waals surface area contributed by atoms with E-state index in [1.54, 1.807) is 0 Å². The van der Waals surface area contributed by atoms with Crippen molar-refractivity contribution in [3.05, 3.63) is 34.7 Å². The lowest BCUT2D eigenvalue weighted by Gasteiger charge is -2.07. The average Bonchev–Trinajstić information content (AvgIpc) is 2.72. The molecule has 0 aliphatic carbocycles. The minimum Gasteiger partial charge on any atom is -0.387 e. The van der Waals surface area contributed by atoms with Gasteiger partial charge in [-0.3, -0.25) is 5.41 Å². The van der Waals surface area contributed by atoms with Gasteiger partial charge in [-0.2, -0.15) is 18.7 Å². The fraction of sp³-hybridized carbons (Fsp3) is 0.200. The molecule has 0 atom stereocenters. The first-order valence-electron chi connectivity index (χ1n) is 5.01. The van der Waals surface area contributed by atoms with Gasteiger partial charge in [0.1, 0.15) is 5.69 Å². The second-order valence-electron chi connectivity index (χ2n) is 3.57. The molecule has 19 heavy (non-hydrogen) atoms. The van der Waals surface area contributed by atoms with E-state index < -0.39 is 11.7 Å². The van der Waals surface area contributed by atoms with Gasteiger partial charge < -0.3 is 9.24 Å². The average molecular weight is 293 g/mol. The van der Waals surface area contributed by atoms with Crippen LogP contribution >= 0.6 is 11.6 Å². The molecule has 2 heterocycles. The van der Waals surface area contributed by atoms with Crippen LogP contribution in [0, 0.1) is 5.41 Å². The van der Waals surface area contributed by atoms with Crippen LogP contribution in [0.25, 0.3) is 5.65 Å². The molecule has 0 bridgehead atoms. The Balaban J connectivity index is 2.54. The summed E-state index contributed by atoms with van der Waals surface area (Å²) in [6.07, 6.45) is -2.42. The smallest absolute Gasteiger partial charge is 0.387 e. The van der Waals surface area contributed by atoms with E-state index in [4.69, 9.17) is 17.0 Å². The second-order valence-corrected chi connectivity index (χ2v) is 3.97. The standard InChI is InChI=1S/C10H8ClF3N4O/c1-16-19-8(15)7-4-18-3-5(10(12,13)14)2-6(11)9(18)17-7/h2-4,15-16H,1H3. The molecule has 0 amide bonds. The number of imidazole rings is 1. The van der Waals surface area contributed by atoms with Crippen molar-refractivity contribution in [2.24, 2.45) is 0 Å². The highest BCUT2D eigenvalue weighted by Crippen LogP contribution is 2.32. The van der Waals surface area contributed by atoms with Gasteiger partial charge in [0.25, 0.3) is 5.90 Å². The number of pyridine rings is 1. The number of nitrogens with zero attached hydrogens (tertiary/aromatic N) is 2. The van der Waals surface area contributed by atoms with Crippen molar-refractivity contribution < 1.29 is 18.0 Å². The van der Waals surface area contributed by atoms with E-state index in [0.717, 1.165) is 16.7 Å². The zero-order chi connectivity index (χ0) is 14.2. The Hall–Kier alpha value is -1.80. The topological polar surface area (TPSA) is 62.4 Å². The lowest BCUT2D eigenvalue weighted by Crippen LogP contribution is -2.15. The quantitative estimate of drug-likeness (QED) is 0.508. The van der Waals surface area contributed by atoms with Gasteiger partial charge in [0, 0.05) is 19.4 Å². The van der Waals surface area contributed by atoms with Crippen molar-refractivity contribution in [1.82, 2.24) is 14.9 Å². The molecule has 0 aliphatic rings. The third kappa shape index (κ3) is 2.64. The predicted molar refractivity (Wildman–Crippen MR) is 62.2 cm³/mol. The van der Waals surface area contributed by atoms with E-state index in [1.165, 1.54) is 13.2 Å². The molecule has 2 aromatic rings. The Kier molecular flexibility index (Phi) is 3.38. The van der Waals surface area contributed by atoms with Crippen LogP contribution in [-0.4, -0.2) is 22.3 Å². The van der Waals surface area contributed by atoms with E-state index in [1.807, 2.05) is 0 Å². The van der Waals surface area contributed by atoms with Crippen LogP contribution in [0.15, 0.2) is 18.5 Å². The Morgan fingerprint density at radius 2 is 2.16 bits per heavy atom. The number of hydrogen-bond donors (Lipinski definition) is 2. The van der Waals surface area contributed by atoms with E-state index in [-0.39, 0.29) is 22.3 Å². The first kappa shape index (κ1) is 13.6. The summed E-state index contributed by atoms with van der Waals surface area (Å²) in [7, 11) is 1.44. The predicted octanol–water partition coefficient (Wildman–Crippen LogP) is 2.48. The highest BCUT2D eigenvalue weighted by Gasteiger charge is 2.32. The van der Waals surface area contributed by atoms with Crippen molar-refractivity contribution in [1.29, 1.82) is 5.41 Å². The molecule has 2 N–H and O–H groups in total. The number of fused-ring (bicyclic) bond motifs is 1. The molecule has 5 nitrogen and oxygen atoms in total. The summed E-state index contributed by atoms with van der Waals surface area (Å²) in [5.74, 6) is -0.323. The second kappa shape index (κ2) is 4.71. The Labute approximate surface area is 110 Å². The van der Waals surface area contributed by atoms with E-state index in [9.17, 15) is 13.2 Å². The maximum atomic E-state index is 12.6. The summed E-state index contributed by atoms with van der Waals surface area (Å²) in [5.41, 5.74) is 1.57. The number of alkyl halides is 3. The van der Waals surface area contributed by atoms with Crippen LogP contribution in [0.5, 0.6) is 0 Å². The summed E-state index contributed by atoms with van der Waals surface area (Å²) in [4.78, 5) is 8.62. The Bertz CT molecular complexity index is 637. The Morgan fingerprint density at radius 3 is 2.74 bits per heavy atom. The van der Waals surface area contributed by atoms with Crippen LogP contribution in [0.2, 0.25) is 5.02 Å². The van der Waals surface area contributed by atoms with E-state index >= 15 is 0 Å². The highest BCUT2D eigenvalue weighted by atomic mass is 35.5. The Morgan fingerprint density at radius 1 is 1.47 bits per heavy atom. The molecule has 0 fully saturated rings. The largest absolute Gasteiger partial charge is 0.417 e. The molecule has 2 rings (SSSR count). The molecular weight excluding hydrogens is 285 g/mol. The fourth-order valence-corrected chi connectivity index (χ4v) is 1.73. The van der Waals surface area contributed by atoms with Gasteiger partial charge in [0.2, 0.25) is 0 Å². The molecule has 0 saturated carbocycles. The van der Waals surface area contributed by atoms with Crippen molar-refractivity contribution in [2.75, 3.05) is 7.05 Å². The molecule has 9 heteroatoms. The summed E-state index contributed by atoms with van der Waals surface area (Å²) in [5, 5.41) is 7.33. The monoisotopic (exact) mass is 292 g/mol. The third-order valence-electron chi connectivity index (χ3n) is 2.27. The SMILES string of the molecule is CNOC(=N)c1cn2cc(C(F)(F)F)cc(Cl)c2n1. The molecule has 102 valence electrons. The molecular formula is C10H8ClF3N4O. The summed E-state index contributed by atoms with van der Waals surface area (Å²) in [6.45, 7) is 0. The third-order valence-corrected chi connectivity index (χ3v) is 2.55. The van der Waals surface area contributed by atoms with Crippen LogP contribution < -0.4 is 5.48 Å². The van der Waals surface area contributed by atoms with Gasteiger partial charge in [-0.05, 0) is 6.07 Å². The van der Waals surface area contributed by atoms with Crippen LogP contribution in [-0.2, 0) is 11.0 Å². The van der Waals surface area contributed by atoms with E-state index in [2.05, 4.69) is 15.3 Å². The number of hydroxylamine groups is 1. The highest BCUT2D eigenvalue weighted by molar-refractivity contribution is 6.33. The van der Waals surface area contributed by atoms with Crippen LogP contribution in [0.4, 0.5) is 13.2 Å². The van der Waals surface area contributed by atoms with Gasteiger partial charge in [-0.25, -0.2) is 4.98 Å². The van der Waals surface area contributed by atoms with Gasteiger partial charge in [-0.15, -0.1) is 0 Å². The zero-order valence-electron chi connectivity index (χ0n) is 9.55. The number of aromatic nitrogens is 2. The summed E-state index contributed by atoms with van der Waals surface area (Å²) >= 11 is 5.75. The van der Waals surface area contributed by atoms with Crippen molar-refractivity contribution in [2.45, 2.75) is 6.18 Å². The minimum atomic E-state index is -4.50. The molecule has 0 spiro atoms. The van der Waals surface area contributed by atoms with Crippen LogP contribution in [0.1, 0.15) is 11.3 Å². The molecule has 0 saturated heterocycles. The number of hydrogen-bond acceptors (Lipinski definition) is 4. The van der Waals surface area contributed by atoms with Crippen LogP contribution in [0.3, 0.4) is 0 Å². The molecule has 0 unspecified atom stereocenters. The minimum absolute atomic E-state index is 0.0653. The van der Waals surface area contributed by atoms with E-state index in [0.29, 0.717) is 0 Å². The van der Waals surface area contributed by atoms with Crippen molar-refractivity contribution in [3.8, 4) is 0 Å². The van der Waals surface area contributed by atoms with Gasteiger partial charge >= 0.3 is 6.18 Å². The lowest BCUT2D eigenvalue weighted by molar-refractivity contribution is -0.137. The molecule has 0 aliphatic heterocycles. The lowest BCUT2D eigenvalue weighted by atomic mass is 10.3. The molecule has 2 aromatic heterocycles. The maximum absolute atomic E-state index is 12.6. The van der Waals surface area contributed by atoms with Gasteiger partial charge in [-0.1, -0.05) is 11.6 Å². The maximum Gasteiger partial charge on any atom is 0.417 e. The first-order valence-corrected chi connectivity index (χ1v) is 5.38. The normalized spacial score (nSPS) is 11.8. The van der Waals surface area contributed by atoms with Crippen molar-refractivity contribution in [3.63, 3.8) is 0 Å². The molecule has 0 radical (unpaired) electrons. The van der Waals surface area contributed by atoms with Gasteiger partial charge in [0.15, 0.2) is 5.65 Å². The fourth-order valence-electron chi connectivity index (χ4n) is 1.48. The van der Waals surface area contributed by atoms with Crippen molar-refractivity contribution >= 4 is 23.1 Å². The number of halogens is 4. The molecule has 0 aromatic carbocycles. The number of nitrogens with one attached hydrogen (secondary N) is 2. The zero-order valence-corrected chi connectivity index (χ0v) is 10.3.